The highest BCUT2D eigenvalue weighted by Gasteiger charge is 2.15. The van der Waals surface area contributed by atoms with Gasteiger partial charge >= 0.3 is 5.97 Å². The van der Waals surface area contributed by atoms with E-state index in [1.165, 1.54) is 6.08 Å². The quantitative estimate of drug-likeness (QED) is 0.526. The molecule has 0 heterocycles. The predicted molar refractivity (Wildman–Crippen MR) is 86.0 cm³/mol. The summed E-state index contributed by atoms with van der Waals surface area (Å²) in [5, 5.41) is 2.68. The zero-order valence-corrected chi connectivity index (χ0v) is 13.5. The lowest BCUT2D eigenvalue weighted by atomic mass is 10.2. The Morgan fingerprint density at radius 2 is 2.17 bits per heavy atom. The lowest BCUT2D eigenvalue weighted by Gasteiger charge is -2.11. The Balaban J connectivity index is 2.32. The molecule has 0 saturated carbocycles. The van der Waals surface area contributed by atoms with Crippen LogP contribution < -0.4 is 10.1 Å². The molecule has 0 aliphatic carbocycles. The molecule has 1 N–H and O–H groups in total. The number of carbonyl (C=O) groups excluding carboxylic acids is 2. The molecule has 1 aromatic carbocycles. The van der Waals surface area contributed by atoms with Gasteiger partial charge in [0.2, 0.25) is 0 Å². The first kappa shape index (κ1) is 18.7. The Labute approximate surface area is 136 Å². The first-order chi connectivity index (χ1) is 11.1. The van der Waals surface area contributed by atoms with Crippen molar-refractivity contribution in [1.82, 2.24) is 5.32 Å². The fraction of sp³-hybridized carbons (Fsp3) is 0.412. The average Bonchev–Trinajstić information content (AvgIpc) is 2.56. The topological polar surface area (TPSA) is 73.9 Å². The Kier molecular flexibility index (Phi) is 8.46. The summed E-state index contributed by atoms with van der Waals surface area (Å²) in [6.45, 7) is 7.77. The maximum atomic E-state index is 11.7. The molecule has 1 rings (SSSR count). The largest absolute Gasteiger partial charge is 0.494 e. The highest BCUT2D eigenvalue weighted by Crippen LogP contribution is 2.12. The monoisotopic (exact) mass is 321 g/mol. The van der Waals surface area contributed by atoms with Crippen LogP contribution in [0.3, 0.4) is 0 Å². The van der Waals surface area contributed by atoms with Gasteiger partial charge in [0.15, 0.2) is 12.7 Å². The van der Waals surface area contributed by atoms with Crippen LogP contribution in [0.4, 0.5) is 0 Å². The molecule has 1 atom stereocenters. The summed E-state index contributed by atoms with van der Waals surface area (Å²) in [5.74, 6) is -0.213. The average molecular weight is 321 g/mol. The molecule has 0 spiro atoms. The molecule has 23 heavy (non-hydrogen) atoms. The number of benzene rings is 1. The van der Waals surface area contributed by atoms with Crippen LogP contribution in [0.1, 0.15) is 19.4 Å². The van der Waals surface area contributed by atoms with Gasteiger partial charge in [0.05, 0.1) is 13.2 Å². The fourth-order valence-corrected chi connectivity index (χ4v) is 1.70. The third kappa shape index (κ3) is 7.46. The third-order valence-electron chi connectivity index (χ3n) is 2.84. The van der Waals surface area contributed by atoms with Gasteiger partial charge in [-0.3, -0.25) is 4.79 Å². The minimum absolute atomic E-state index is 0.249. The molecular formula is C17H23NO5. The van der Waals surface area contributed by atoms with E-state index in [2.05, 4.69) is 11.9 Å². The van der Waals surface area contributed by atoms with Crippen molar-refractivity contribution in [2.24, 2.45) is 0 Å². The predicted octanol–water partition coefficient (Wildman–Crippen LogP) is 1.84. The van der Waals surface area contributed by atoms with E-state index in [4.69, 9.17) is 14.2 Å². The van der Waals surface area contributed by atoms with E-state index in [9.17, 15) is 9.59 Å². The second-order valence-corrected chi connectivity index (χ2v) is 4.73. The molecule has 0 fully saturated rings. The van der Waals surface area contributed by atoms with Crippen molar-refractivity contribution < 1.29 is 23.8 Å². The zero-order valence-electron chi connectivity index (χ0n) is 13.5. The minimum Gasteiger partial charge on any atom is -0.494 e. The molecule has 6 nitrogen and oxygen atoms in total. The van der Waals surface area contributed by atoms with Gasteiger partial charge in [-0.05, 0) is 31.5 Å². The molecule has 1 amide bonds. The van der Waals surface area contributed by atoms with Crippen LogP contribution >= 0.6 is 0 Å². The van der Waals surface area contributed by atoms with Gasteiger partial charge in [-0.1, -0.05) is 18.2 Å². The van der Waals surface area contributed by atoms with Gasteiger partial charge in [0, 0.05) is 6.54 Å². The molecule has 0 aromatic heterocycles. The first-order valence-corrected chi connectivity index (χ1v) is 7.44. The number of hydrogen-bond donors (Lipinski definition) is 1. The SMILES string of the molecule is C=CCOC(C)C(=O)OCC(=O)NCc1cccc(OCC)c1. The lowest BCUT2D eigenvalue weighted by molar-refractivity contribution is -0.158. The molecule has 0 bridgehead atoms. The summed E-state index contributed by atoms with van der Waals surface area (Å²) < 4.78 is 15.4. The van der Waals surface area contributed by atoms with Gasteiger partial charge in [0.1, 0.15) is 5.75 Å². The van der Waals surface area contributed by atoms with Gasteiger partial charge < -0.3 is 19.5 Å². The molecule has 1 aromatic rings. The first-order valence-electron chi connectivity index (χ1n) is 7.44. The Morgan fingerprint density at radius 1 is 1.39 bits per heavy atom. The fourth-order valence-electron chi connectivity index (χ4n) is 1.70. The lowest BCUT2D eigenvalue weighted by Crippen LogP contribution is -2.31. The second-order valence-electron chi connectivity index (χ2n) is 4.73. The van der Waals surface area contributed by atoms with Crippen LogP contribution in [0, 0.1) is 0 Å². The Bertz CT molecular complexity index is 529. The summed E-state index contributed by atoms with van der Waals surface area (Å²) in [4.78, 5) is 23.3. The zero-order chi connectivity index (χ0) is 17.1. The van der Waals surface area contributed by atoms with Gasteiger partial charge in [-0.15, -0.1) is 6.58 Å². The van der Waals surface area contributed by atoms with Crippen molar-refractivity contribution in [1.29, 1.82) is 0 Å². The molecule has 0 radical (unpaired) electrons. The number of nitrogens with one attached hydrogen (secondary N) is 1. The Hall–Kier alpha value is -2.34. The van der Waals surface area contributed by atoms with E-state index in [0.29, 0.717) is 13.2 Å². The van der Waals surface area contributed by atoms with E-state index in [-0.39, 0.29) is 19.1 Å². The van der Waals surface area contributed by atoms with E-state index < -0.39 is 12.1 Å². The highest BCUT2D eigenvalue weighted by atomic mass is 16.6. The molecule has 0 saturated heterocycles. The van der Waals surface area contributed by atoms with Crippen LogP contribution in [0.25, 0.3) is 0 Å². The normalized spacial score (nSPS) is 11.4. The molecular weight excluding hydrogens is 298 g/mol. The van der Waals surface area contributed by atoms with Crippen molar-refractivity contribution in [3.05, 3.63) is 42.5 Å². The number of amides is 1. The summed E-state index contributed by atoms with van der Waals surface area (Å²) >= 11 is 0. The third-order valence-corrected chi connectivity index (χ3v) is 2.84. The number of carbonyl (C=O) groups is 2. The van der Waals surface area contributed by atoms with E-state index in [0.717, 1.165) is 11.3 Å². The number of hydrogen-bond acceptors (Lipinski definition) is 5. The molecule has 0 aliphatic rings. The Morgan fingerprint density at radius 3 is 2.87 bits per heavy atom. The van der Waals surface area contributed by atoms with Crippen molar-refractivity contribution in [3.8, 4) is 5.75 Å². The van der Waals surface area contributed by atoms with Crippen molar-refractivity contribution >= 4 is 11.9 Å². The van der Waals surface area contributed by atoms with Crippen LogP contribution in [-0.4, -0.2) is 37.8 Å². The molecule has 126 valence electrons. The molecule has 1 unspecified atom stereocenters. The number of ether oxygens (including phenoxy) is 3. The van der Waals surface area contributed by atoms with Crippen LogP contribution in [-0.2, 0) is 25.6 Å². The summed E-state index contributed by atoms with van der Waals surface area (Å²) in [7, 11) is 0. The van der Waals surface area contributed by atoms with Gasteiger partial charge in [0.25, 0.3) is 5.91 Å². The number of esters is 1. The maximum absolute atomic E-state index is 11.7. The van der Waals surface area contributed by atoms with Crippen LogP contribution in [0.15, 0.2) is 36.9 Å². The maximum Gasteiger partial charge on any atom is 0.335 e. The van der Waals surface area contributed by atoms with E-state index in [1.807, 2.05) is 31.2 Å². The molecule has 6 heteroatoms. The standard InChI is InChI=1S/C17H23NO5/c1-4-9-22-13(3)17(20)23-12-16(19)18-11-14-7-6-8-15(10-14)21-5-2/h4,6-8,10,13H,1,5,9,11-12H2,2-3H3,(H,18,19). The van der Waals surface area contributed by atoms with Crippen LogP contribution in [0.2, 0.25) is 0 Å². The summed E-state index contributed by atoms with van der Waals surface area (Å²) in [5.41, 5.74) is 0.901. The van der Waals surface area contributed by atoms with Crippen molar-refractivity contribution in [3.63, 3.8) is 0 Å². The number of rotatable bonds is 10. The second kappa shape index (κ2) is 10.4. The summed E-state index contributed by atoms with van der Waals surface area (Å²) in [6.07, 6.45) is 0.802. The van der Waals surface area contributed by atoms with Gasteiger partial charge in [-0.2, -0.15) is 0 Å². The minimum atomic E-state index is -0.733. The van der Waals surface area contributed by atoms with Crippen molar-refractivity contribution in [2.45, 2.75) is 26.5 Å². The van der Waals surface area contributed by atoms with Crippen LogP contribution in [0.5, 0.6) is 5.75 Å². The highest BCUT2D eigenvalue weighted by molar-refractivity contribution is 5.81. The summed E-state index contributed by atoms with van der Waals surface area (Å²) in [6, 6.07) is 7.42. The van der Waals surface area contributed by atoms with Crippen molar-refractivity contribution in [2.75, 3.05) is 19.8 Å². The smallest absolute Gasteiger partial charge is 0.335 e. The van der Waals surface area contributed by atoms with E-state index in [1.54, 1.807) is 6.92 Å². The van der Waals surface area contributed by atoms with Gasteiger partial charge in [-0.25, -0.2) is 4.79 Å². The molecule has 0 aliphatic heterocycles. The van der Waals surface area contributed by atoms with E-state index >= 15 is 0 Å².